The van der Waals surface area contributed by atoms with Gasteiger partial charge in [0.05, 0.1) is 13.1 Å². The number of hydrogen-bond donors (Lipinski definition) is 2. The molecule has 0 aliphatic carbocycles. The third-order valence-corrected chi connectivity index (χ3v) is 7.00. The van der Waals surface area contributed by atoms with Crippen molar-refractivity contribution in [1.82, 2.24) is 19.6 Å². The second-order valence-corrected chi connectivity index (χ2v) is 9.37. The number of ether oxygens (including phenoxy) is 1. The molecule has 2 aliphatic rings. The number of β-lactam (4-membered cyclic amide) rings is 1. The smallest absolute Gasteiger partial charge is 0.346 e. The Morgan fingerprint density at radius 2 is 2.11 bits per heavy atom. The molecule has 2 aromatic rings. The van der Waals surface area contributed by atoms with Gasteiger partial charge in [0.1, 0.15) is 11.4 Å². The second-order valence-electron chi connectivity index (χ2n) is 7.48. The summed E-state index contributed by atoms with van der Waals surface area (Å²) in [6.07, 6.45) is 4.96. The lowest BCUT2D eigenvalue weighted by atomic mass is 10.1. The Kier molecular flexibility index (Phi) is 7.44. The number of methoxy groups -OCH3 is 1. The number of esters is 1. The van der Waals surface area contributed by atoms with E-state index in [0.717, 1.165) is 17.1 Å². The number of hydrogen-bond acceptors (Lipinski definition) is 13. The fraction of sp³-hybridized carbons (Fsp3) is 0.300. The van der Waals surface area contributed by atoms with Crippen LogP contribution in [0.4, 0.5) is 5.13 Å². The van der Waals surface area contributed by atoms with Gasteiger partial charge in [0.25, 0.3) is 11.8 Å². The highest BCUT2D eigenvalue weighted by Gasteiger charge is 2.50. The number of aromatic nitrogens is 3. The summed E-state index contributed by atoms with van der Waals surface area (Å²) >= 11 is 2.30. The molecule has 0 bridgehead atoms. The zero-order chi connectivity index (χ0) is 25.8. The molecule has 2 aromatic heterocycles. The SMILES string of the molecule is COC(=O)CON=C(C(=O)NC1C(=O)N2C=C(C[n+]3ccc(C(=O)[O-])cc3)CS[C@H]12)c1nsc(N)n1. The van der Waals surface area contributed by atoms with E-state index in [1.54, 1.807) is 23.2 Å². The van der Waals surface area contributed by atoms with E-state index in [-0.39, 0.29) is 33.5 Å². The molecular weight excluding hydrogens is 514 g/mol. The van der Waals surface area contributed by atoms with Gasteiger partial charge in [-0.15, -0.1) is 11.8 Å². The van der Waals surface area contributed by atoms with Crippen LogP contribution < -0.4 is 20.7 Å². The van der Waals surface area contributed by atoms with Crippen LogP contribution in [0.2, 0.25) is 0 Å². The van der Waals surface area contributed by atoms with Gasteiger partial charge in [-0.1, -0.05) is 5.16 Å². The van der Waals surface area contributed by atoms with E-state index in [1.165, 1.54) is 35.9 Å². The monoisotopic (exact) mass is 533 g/mol. The molecular formula is C20H19N7O7S2. The lowest BCUT2D eigenvalue weighted by molar-refractivity contribution is -0.689. The number of nitrogens with one attached hydrogen (secondary N) is 1. The minimum absolute atomic E-state index is 0.0731. The van der Waals surface area contributed by atoms with Crippen molar-refractivity contribution in [2.75, 3.05) is 25.2 Å². The molecule has 188 valence electrons. The van der Waals surface area contributed by atoms with E-state index in [9.17, 15) is 24.3 Å². The molecule has 2 aliphatic heterocycles. The van der Waals surface area contributed by atoms with Crippen molar-refractivity contribution in [3.05, 3.63) is 47.7 Å². The Balaban J connectivity index is 1.40. The van der Waals surface area contributed by atoms with Crippen LogP contribution in [0.1, 0.15) is 16.2 Å². The first kappa shape index (κ1) is 25.1. The Morgan fingerprint density at radius 3 is 2.75 bits per heavy atom. The molecule has 4 heterocycles. The van der Waals surface area contributed by atoms with Crippen molar-refractivity contribution >= 4 is 57.9 Å². The number of pyridine rings is 1. The number of anilines is 1. The van der Waals surface area contributed by atoms with Gasteiger partial charge in [-0.2, -0.15) is 9.36 Å². The molecule has 0 saturated carbocycles. The number of nitrogens with two attached hydrogens (primary N) is 1. The van der Waals surface area contributed by atoms with Gasteiger partial charge in [0.15, 0.2) is 24.1 Å². The zero-order valence-electron chi connectivity index (χ0n) is 18.7. The number of rotatable bonds is 9. The molecule has 2 atom stereocenters. The van der Waals surface area contributed by atoms with Gasteiger partial charge < -0.3 is 35.4 Å². The van der Waals surface area contributed by atoms with Gasteiger partial charge in [0.2, 0.25) is 18.1 Å². The number of amides is 2. The van der Waals surface area contributed by atoms with E-state index in [0.29, 0.717) is 12.3 Å². The van der Waals surface area contributed by atoms with E-state index in [2.05, 4.69) is 24.6 Å². The minimum atomic E-state index is -1.26. The normalized spacial score (nSPS) is 19.0. The van der Waals surface area contributed by atoms with Gasteiger partial charge in [-0.05, 0) is 0 Å². The molecule has 14 nitrogen and oxygen atoms in total. The summed E-state index contributed by atoms with van der Waals surface area (Å²) in [5.41, 5.74) is 6.26. The summed E-state index contributed by atoms with van der Waals surface area (Å²) in [6.45, 7) is -0.0812. The highest BCUT2D eigenvalue weighted by Crippen LogP contribution is 2.36. The summed E-state index contributed by atoms with van der Waals surface area (Å²) in [4.78, 5) is 58.1. The van der Waals surface area contributed by atoms with Crippen LogP contribution in [0.5, 0.6) is 0 Å². The third kappa shape index (κ3) is 5.44. The molecule has 1 unspecified atom stereocenters. The topological polar surface area (TPSA) is 193 Å². The van der Waals surface area contributed by atoms with Gasteiger partial charge in [-0.25, -0.2) is 9.36 Å². The highest BCUT2D eigenvalue weighted by atomic mass is 32.2. The number of oxime groups is 1. The lowest BCUT2D eigenvalue weighted by Gasteiger charge is -2.47. The van der Waals surface area contributed by atoms with E-state index >= 15 is 0 Å². The first-order valence-corrected chi connectivity index (χ1v) is 12.1. The first-order valence-electron chi connectivity index (χ1n) is 10.3. The van der Waals surface area contributed by atoms with E-state index in [4.69, 9.17) is 10.6 Å². The Morgan fingerprint density at radius 1 is 1.36 bits per heavy atom. The number of aromatic carboxylic acids is 1. The number of carboxylic acids is 1. The van der Waals surface area contributed by atoms with Crippen LogP contribution in [-0.4, -0.2) is 74.6 Å². The fourth-order valence-electron chi connectivity index (χ4n) is 3.31. The number of fused-ring (bicyclic) bond motifs is 1. The third-order valence-electron chi connectivity index (χ3n) is 5.07. The maximum Gasteiger partial charge on any atom is 0.346 e. The van der Waals surface area contributed by atoms with Crippen LogP contribution in [-0.2, 0) is 30.5 Å². The number of nitrogen functional groups attached to an aromatic ring is 1. The number of thioether (sulfide) groups is 1. The quantitative estimate of drug-likeness (QED) is 0.115. The van der Waals surface area contributed by atoms with Crippen molar-refractivity contribution in [1.29, 1.82) is 0 Å². The number of nitrogens with zero attached hydrogens (tertiary/aromatic N) is 5. The standard InChI is InChI=1S/C20H19N7O7S2/c1-33-12(28)8-34-24-13(15-23-20(21)36-25-15)16(29)22-14-17(30)27-7-10(9-35-18(14)27)6-26-4-2-11(3-5-26)19(31)32/h2-5,7,14,18H,6,8-9H2,1H3,(H3-,21,22,23,25,29,31,32)/t14?,18-/m1/s1. The first-order chi connectivity index (χ1) is 17.3. The van der Waals surface area contributed by atoms with Crippen molar-refractivity contribution in [3.8, 4) is 0 Å². The van der Waals surface area contributed by atoms with Crippen molar-refractivity contribution in [2.45, 2.75) is 18.0 Å². The van der Waals surface area contributed by atoms with E-state index in [1.807, 2.05) is 0 Å². The number of carbonyl (C=O) groups excluding carboxylic acids is 4. The average Bonchev–Trinajstić information content (AvgIpc) is 3.30. The van der Waals surface area contributed by atoms with Crippen LogP contribution in [0.3, 0.4) is 0 Å². The minimum Gasteiger partial charge on any atom is -0.545 e. The molecule has 36 heavy (non-hydrogen) atoms. The van der Waals surface area contributed by atoms with Crippen molar-refractivity contribution in [2.24, 2.45) is 5.16 Å². The van der Waals surface area contributed by atoms with Crippen LogP contribution in [0.25, 0.3) is 0 Å². The summed E-state index contributed by atoms with van der Waals surface area (Å²) < 4.78 is 10.2. The van der Waals surface area contributed by atoms with Crippen LogP contribution >= 0.6 is 23.3 Å². The van der Waals surface area contributed by atoms with Gasteiger partial charge >= 0.3 is 5.97 Å². The number of carbonyl (C=O) groups is 4. The average molecular weight is 534 g/mol. The molecule has 0 radical (unpaired) electrons. The fourth-order valence-corrected chi connectivity index (χ4v) is 5.00. The van der Waals surface area contributed by atoms with Crippen LogP contribution in [0, 0.1) is 0 Å². The summed E-state index contributed by atoms with van der Waals surface area (Å²) in [5, 5.41) is 16.9. The Bertz CT molecular complexity index is 1260. The predicted molar refractivity (Wildman–Crippen MR) is 123 cm³/mol. The largest absolute Gasteiger partial charge is 0.545 e. The molecule has 0 aromatic carbocycles. The maximum absolute atomic E-state index is 12.9. The van der Waals surface area contributed by atoms with Crippen molar-refractivity contribution in [3.63, 3.8) is 0 Å². The summed E-state index contributed by atoms with van der Waals surface area (Å²) in [7, 11) is 1.17. The zero-order valence-corrected chi connectivity index (χ0v) is 20.3. The molecule has 1 saturated heterocycles. The molecule has 0 spiro atoms. The Labute approximate surface area is 211 Å². The molecule has 1 fully saturated rings. The molecule has 16 heteroatoms. The number of carboxylic acid groups (broad SMARTS) is 1. The second kappa shape index (κ2) is 10.7. The van der Waals surface area contributed by atoms with Gasteiger partial charge in [-0.3, -0.25) is 9.59 Å². The molecule has 2 amide bonds. The highest BCUT2D eigenvalue weighted by molar-refractivity contribution is 8.00. The summed E-state index contributed by atoms with van der Waals surface area (Å²) in [6, 6.07) is 2.05. The van der Waals surface area contributed by atoms with Gasteiger partial charge in [0, 0.05) is 46.8 Å². The van der Waals surface area contributed by atoms with Crippen LogP contribution in [0.15, 0.2) is 41.5 Å². The molecule has 4 rings (SSSR count). The van der Waals surface area contributed by atoms with E-state index < -0.39 is 30.5 Å². The summed E-state index contributed by atoms with van der Waals surface area (Å²) in [5.74, 6) is -2.57. The van der Waals surface area contributed by atoms with Crippen molar-refractivity contribution < 1.29 is 38.4 Å². The Hall–Kier alpha value is -4.05. The maximum atomic E-state index is 12.9. The molecule has 3 N–H and O–H groups in total. The predicted octanol–water partition coefficient (Wildman–Crippen LogP) is -2.35. The lowest BCUT2D eigenvalue weighted by Crippen LogP contribution is -2.69.